The molecule has 0 heterocycles. The molecule has 2 aromatic carbocycles. The fraction of sp³-hybridized carbons (Fsp3) is 0. The van der Waals surface area contributed by atoms with Crippen LogP contribution in [0.25, 0.3) is 0 Å². The zero-order valence-corrected chi connectivity index (χ0v) is 11.3. The zero-order valence-electron chi connectivity index (χ0n) is 9.75. The minimum atomic E-state index is -0.988. The molecule has 0 aliphatic carbocycles. The lowest BCUT2D eigenvalue weighted by molar-refractivity contribution is 0.101. The van der Waals surface area contributed by atoms with Gasteiger partial charge < -0.3 is 10.4 Å². The van der Waals surface area contributed by atoms with Gasteiger partial charge in [-0.15, -0.1) is 0 Å². The van der Waals surface area contributed by atoms with E-state index in [2.05, 4.69) is 5.32 Å². The number of benzene rings is 2. The van der Waals surface area contributed by atoms with Gasteiger partial charge in [0, 0.05) is 5.69 Å². The Morgan fingerprint density at radius 3 is 2.10 bits per heavy atom. The van der Waals surface area contributed by atoms with Crippen LogP contribution in [-0.4, -0.2) is 11.0 Å². The van der Waals surface area contributed by atoms with Gasteiger partial charge in [0.05, 0.1) is 10.0 Å². The van der Waals surface area contributed by atoms with Crippen LogP contribution in [0.1, 0.15) is 10.4 Å². The number of aromatic hydroxyl groups is 1. The van der Waals surface area contributed by atoms with Gasteiger partial charge in [0.1, 0.15) is 17.2 Å². The first-order chi connectivity index (χ1) is 9.40. The molecule has 104 valence electrons. The lowest BCUT2D eigenvalue weighted by Crippen LogP contribution is -2.15. The normalized spacial score (nSPS) is 10.4. The van der Waals surface area contributed by atoms with E-state index in [0.29, 0.717) is 0 Å². The number of halogens is 4. The molecule has 0 aliphatic rings. The molecule has 0 saturated heterocycles. The van der Waals surface area contributed by atoms with Gasteiger partial charge in [-0.3, -0.25) is 4.79 Å². The molecule has 0 aromatic heterocycles. The van der Waals surface area contributed by atoms with Crippen LogP contribution in [0.5, 0.6) is 5.75 Å². The second-order valence-electron chi connectivity index (χ2n) is 3.84. The van der Waals surface area contributed by atoms with Gasteiger partial charge in [0.15, 0.2) is 5.75 Å². The third-order valence-electron chi connectivity index (χ3n) is 2.46. The van der Waals surface area contributed by atoms with E-state index in [-0.39, 0.29) is 21.5 Å². The molecule has 0 radical (unpaired) electrons. The Morgan fingerprint density at radius 1 is 1.10 bits per heavy atom. The molecule has 2 aromatic rings. The highest BCUT2D eigenvalue weighted by atomic mass is 35.5. The Kier molecular flexibility index (Phi) is 4.11. The maximum Gasteiger partial charge on any atom is 0.261 e. The van der Waals surface area contributed by atoms with Crippen molar-refractivity contribution in [3.05, 3.63) is 57.6 Å². The summed E-state index contributed by atoms with van der Waals surface area (Å²) < 4.78 is 26.9. The highest BCUT2D eigenvalue weighted by Crippen LogP contribution is 2.34. The van der Waals surface area contributed by atoms with Gasteiger partial charge in [-0.25, -0.2) is 8.78 Å². The number of phenolic OH excluding ortho intramolecular Hbond substituents is 1. The number of hydrogen-bond acceptors (Lipinski definition) is 2. The molecule has 20 heavy (non-hydrogen) atoms. The number of nitrogens with one attached hydrogen (secondary N) is 1. The lowest BCUT2D eigenvalue weighted by Gasteiger charge is -2.09. The molecule has 0 aliphatic heterocycles. The summed E-state index contributed by atoms with van der Waals surface area (Å²) >= 11 is 11.4. The molecule has 0 bridgehead atoms. The summed E-state index contributed by atoms with van der Waals surface area (Å²) in [4.78, 5) is 11.8. The zero-order chi connectivity index (χ0) is 14.9. The Hall–Kier alpha value is -1.85. The van der Waals surface area contributed by atoms with E-state index in [0.717, 1.165) is 18.2 Å². The molecule has 7 heteroatoms. The highest BCUT2D eigenvalue weighted by molar-refractivity contribution is 6.37. The first-order valence-corrected chi connectivity index (χ1v) is 6.09. The predicted molar refractivity (Wildman–Crippen MR) is 72.4 cm³/mol. The quantitative estimate of drug-likeness (QED) is 0.814. The van der Waals surface area contributed by atoms with E-state index in [4.69, 9.17) is 23.2 Å². The Morgan fingerprint density at radius 2 is 1.60 bits per heavy atom. The van der Waals surface area contributed by atoms with Gasteiger partial charge in [-0.2, -0.15) is 0 Å². The standard InChI is InChI=1S/C13H7Cl2F2NO2/c14-7-4-6(5-8(15)12(7)19)18-13(20)11-9(16)2-1-3-10(11)17/h1-5,19H,(H,18,20). The van der Waals surface area contributed by atoms with E-state index < -0.39 is 23.1 Å². The van der Waals surface area contributed by atoms with Gasteiger partial charge >= 0.3 is 0 Å². The molecular weight excluding hydrogens is 311 g/mol. The van der Waals surface area contributed by atoms with Gasteiger partial charge in [0.2, 0.25) is 0 Å². The fourth-order valence-electron chi connectivity index (χ4n) is 1.55. The van der Waals surface area contributed by atoms with Crippen molar-refractivity contribution in [1.82, 2.24) is 0 Å². The first-order valence-electron chi connectivity index (χ1n) is 5.33. The largest absolute Gasteiger partial charge is 0.505 e. The fourth-order valence-corrected chi connectivity index (χ4v) is 2.03. The van der Waals surface area contributed by atoms with Gasteiger partial charge in [-0.05, 0) is 24.3 Å². The molecular formula is C13H7Cl2F2NO2. The van der Waals surface area contributed by atoms with E-state index in [1.807, 2.05) is 0 Å². The Balaban J connectivity index is 2.33. The van der Waals surface area contributed by atoms with Crippen LogP contribution in [-0.2, 0) is 0 Å². The number of carbonyl (C=O) groups excluding carboxylic acids is 1. The van der Waals surface area contributed by atoms with Crippen LogP contribution >= 0.6 is 23.2 Å². The summed E-state index contributed by atoms with van der Waals surface area (Å²) in [7, 11) is 0. The van der Waals surface area contributed by atoms with Crippen molar-refractivity contribution >= 4 is 34.8 Å². The summed E-state index contributed by atoms with van der Waals surface area (Å²) in [6, 6.07) is 5.50. The van der Waals surface area contributed by atoms with Crippen molar-refractivity contribution in [1.29, 1.82) is 0 Å². The molecule has 3 nitrogen and oxygen atoms in total. The molecule has 2 N–H and O–H groups in total. The first kappa shape index (κ1) is 14.6. The van der Waals surface area contributed by atoms with E-state index in [9.17, 15) is 18.7 Å². The number of rotatable bonds is 2. The molecule has 1 amide bonds. The van der Waals surface area contributed by atoms with Gasteiger partial charge in [0.25, 0.3) is 5.91 Å². The van der Waals surface area contributed by atoms with Crippen molar-refractivity contribution in [2.24, 2.45) is 0 Å². The van der Waals surface area contributed by atoms with Crippen molar-refractivity contribution in [3.63, 3.8) is 0 Å². The monoisotopic (exact) mass is 317 g/mol. The molecule has 0 fully saturated rings. The summed E-state index contributed by atoms with van der Waals surface area (Å²) in [5, 5.41) is 11.4. The third-order valence-corrected chi connectivity index (χ3v) is 3.04. The predicted octanol–water partition coefficient (Wildman–Crippen LogP) is 4.23. The number of carbonyl (C=O) groups is 1. The van der Waals surface area contributed by atoms with Crippen LogP contribution in [0.15, 0.2) is 30.3 Å². The van der Waals surface area contributed by atoms with Crippen molar-refractivity contribution in [2.45, 2.75) is 0 Å². The molecule has 0 atom stereocenters. The summed E-state index contributed by atoms with van der Waals surface area (Å²) in [6.07, 6.45) is 0. The number of hydrogen-bond donors (Lipinski definition) is 2. The summed E-state index contributed by atoms with van der Waals surface area (Å²) in [6.45, 7) is 0. The Bertz CT molecular complexity index is 649. The van der Waals surface area contributed by atoms with Gasteiger partial charge in [-0.1, -0.05) is 29.3 Å². The average Bonchev–Trinajstić information content (AvgIpc) is 2.35. The lowest BCUT2D eigenvalue weighted by atomic mass is 10.1. The van der Waals surface area contributed by atoms with Crippen molar-refractivity contribution in [3.8, 4) is 5.75 Å². The van der Waals surface area contributed by atoms with Crippen LogP contribution < -0.4 is 5.32 Å². The topological polar surface area (TPSA) is 49.3 Å². The van der Waals surface area contributed by atoms with Crippen LogP contribution in [0.4, 0.5) is 14.5 Å². The number of amides is 1. The van der Waals surface area contributed by atoms with E-state index >= 15 is 0 Å². The average molecular weight is 318 g/mol. The minimum Gasteiger partial charge on any atom is -0.505 e. The molecule has 0 unspecified atom stereocenters. The smallest absolute Gasteiger partial charge is 0.261 e. The molecule has 0 saturated carbocycles. The molecule has 2 rings (SSSR count). The minimum absolute atomic E-state index is 0.0956. The second kappa shape index (κ2) is 5.64. The maximum atomic E-state index is 13.4. The Labute approximate surface area is 122 Å². The summed E-state index contributed by atoms with van der Waals surface area (Å²) in [5.74, 6) is -3.31. The van der Waals surface area contributed by atoms with Crippen LogP contribution in [0.3, 0.4) is 0 Å². The highest BCUT2D eigenvalue weighted by Gasteiger charge is 2.18. The third kappa shape index (κ3) is 2.84. The second-order valence-corrected chi connectivity index (χ2v) is 4.65. The number of phenols is 1. The van der Waals surface area contributed by atoms with E-state index in [1.165, 1.54) is 12.1 Å². The summed E-state index contributed by atoms with van der Waals surface area (Å²) in [5.41, 5.74) is -0.613. The van der Waals surface area contributed by atoms with Crippen molar-refractivity contribution < 1.29 is 18.7 Å². The van der Waals surface area contributed by atoms with Crippen molar-refractivity contribution in [2.75, 3.05) is 5.32 Å². The maximum absolute atomic E-state index is 13.4. The molecule has 0 spiro atoms. The number of anilines is 1. The van der Waals surface area contributed by atoms with Crippen LogP contribution in [0.2, 0.25) is 10.0 Å². The SMILES string of the molecule is O=C(Nc1cc(Cl)c(O)c(Cl)c1)c1c(F)cccc1F. The van der Waals surface area contributed by atoms with E-state index in [1.54, 1.807) is 0 Å². The van der Waals surface area contributed by atoms with Crippen LogP contribution in [0, 0.1) is 11.6 Å².